The maximum absolute atomic E-state index is 5.96. The van der Waals surface area contributed by atoms with Gasteiger partial charge in [0.2, 0.25) is 0 Å². The summed E-state index contributed by atoms with van der Waals surface area (Å²) in [6, 6.07) is 10.8. The van der Waals surface area contributed by atoms with E-state index in [1.165, 1.54) is 18.4 Å². The van der Waals surface area contributed by atoms with Crippen molar-refractivity contribution in [2.24, 2.45) is 5.41 Å². The van der Waals surface area contributed by atoms with Gasteiger partial charge >= 0.3 is 0 Å². The molecule has 1 aromatic rings. The predicted molar refractivity (Wildman–Crippen MR) is 78.0 cm³/mol. The lowest BCUT2D eigenvalue weighted by Crippen LogP contribution is -2.26. The Kier molecular flexibility index (Phi) is 5.93. The van der Waals surface area contributed by atoms with Gasteiger partial charge in [-0.25, -0.2) is 0 Å². The largest absolute Gasteiger partial charge is 0.423 e. The molecule has 0 heterocycles. The van der Waals surface area contributed by atoms with E-state index in [9.17, 15) is 0 Å². The number of hydrogen-bond donors (Lipinski definition) is 0. The fourth-order valence-electron chi connectivity index (χ4n) is 1.98. The lowest BCUT2D eigenvalue weighted by Gasteiger charge is -2.30. The van der Waals surface area contributed by atoms with Crippen molar-refractivity contribution in [3.8, 4) is 0 Å². The summed E-state index contributed by atoms with van der Waals surface area (Å²) in [5.74, 6) is 0. The fourth-order valence-corrected chi connectivity index (χ4v) is 3.55. The monoisotopic (exact) mass is 250 g/mol. The minimum Gasteiger partial charge on any atom is -0.423 e. The van der Waals surface area contributed by atoms with Gasteiger partial charge in [-0.1, -0.05) is 64.4 Å². The van der Waals surface area contributed by atoms with Gasteiger partial charge in [0.15, 0.2) is 9.76 Å². The Hall–Kier alpha value is -0.603. The van der Waals surface area contributed by atoms with Crippen LogP contribution in [0.1, 0.15) is 51.6 Å². The van der Waals surface area contributed by atoms with Crippen molar-refractivity contribution in [3.05, 3.63) is 35.9 Å². The molecule has 1 unspecified atom stereocenters. The molecule has 0 N–H and O–H groups in total. The first-order valence-corrected chi connectivity index (χ1v) is 8.07. The SMILES string of the molecule is CCCCO[SiH2]C(c1ccccc1)C(C)(C)C. The van der Waals surface area contributed by atoms with Crippen LogP contribution in [-0.2, 0) is 4.43 Å². The van der Waals surface area contributed by atoms with Crippen LogP contribution < -0.4 is 0 Å². The summed E-state index contributed by atoms with van der Waals surface area (Å²) in [5.41, 5.74) is 2.36. The molecular weight excluding hydrogens is 224 g/mol. The summed E-state index contributed by atoms with van der Waals surface area (Å²) >= 11 is 0. The predicted octanol–water partition coefficient (Wildman–Crippen LogP) is 3.67. The molecule has 1 rings (SSSR count). The minimum atomic E-state index is -0.497. The van der Waals surface area contributed by atoms with Gasteiger partial charge in [-0.05, 0) is 17.4 Å². The highest BCUT2D eigenvalue weighted by atomic mass is 28.2. The van der Waals surface area contributed by atoms with E-state index in [2.05, 4.69) is 58.0 Å². The van der Waals surface area contributed by atoms with Crippen LogP contribution in [0.3, 0.4) is 0 Å². The first kappa shape index (κ1) is 14.5. The first-order valence-electron chi connectivity index (χ1n) is 6.68. The van der Waals surface area contributed by atoms with Crippen molar-refractivity contribution in [2.75, 3.05) is 6.61 Å². The van der Waals surface area contributed by atoms with E-state index in [0.29, 0.717) is 11.0 Å². The second-order valence-electron chi connectivity index (χ2n) is 5.76. The van der Waals surface area contributed by atoms with Crippen LogP contribution in [0.4, 0.5) is 0 Å². The van der Waals surface area contributed by atoms with Crippen LogP contribution >= 0.6 is 0 Å². The van der Waals surface area contributed by atoms with Crippen molar-refractivity contribution in [1.29, 1.82) is 0 Å². The molecule has 0 bridgehead atoms. The van der Waals surface area contributed by atoms with Gasteiger partial charge in [-0.2, -0.15) is 0 Å². The third kappa shape index (κ3) is 5.05. The van der Waals surface area contributed by atoms with Crippen molar-refractivity contribution in [1.82, 2.24) is 0 Å². The summed E-state index contributed by atoms with van der Waals surface area (Å²) in [7, 11) is -0.497. The van der Waals surface area contributed by atoms with E-state index >= 15 is 0 Å². The van der Waals surface area contributed by atoms with Gasteiger partial charge in [0.05, 0.1) is 0 Å². The van der Waals surface area contributed by atoms with Gasteiger partial charge in [0, 0.05) is 12.1 Å². The fraction of sp³-hybridized carbons (Fsp3) is 0.600. The zero-order valence-corrected chi connectivity index (χ0v) is 13.1. The molecule has 2 heteroatoms. The highest BCUT2D eigenvalue weighted by Crippen LogP contribution is 2.34. The van der Waals surface area contributed by atoms with E-state index in [-0.39, 0.29) is 0 Å². The van der Waals surface area contributed by atoms with Crippen molar-refractivity contribution in [2.45, 2.75) is 46.1 Å². The first-order chi connectivity index (χ1) is 8.05. The lowest BCUT2D eigenvalue weighted by atomic mass is 9.87. The zero-order chi connectivity index (χ0) is 12.7. The summed E-state index contributed by atoms with van der Waals surface area (Å²) in [4.78, 5) is 0. The summed E-state index contributed by atoms with van der Waals surface area (Å²) in [5, 5.41) is 0. The van der Waals surface area contributed by atoms with Crippen LogP contribution in [0.25, 0.3) is 0 Å². The molecule has 0 saturated carbocycles. The molecule has 0 spiro atoms. The van der Waals surface area contributed by atoms with Crippen molar-refractivity contribution in [3.63, 3.8) is 0 Å². The molecule has 1 atom stereocenters. The Bertz CT molecular complexity index is 302. The molecule has 0 aliphatic heterocycles. The average Bonchev–Trinajstić information content (AvgIpc) is 2.28. The number of hydrogen-bond acceptors (Lipinski definition) is 1. The molecule has 96 valence electrons. The Morgan fingerprint density at radius 2 is 1.82 bits per heavy atom. The Labute approximate surface area is 109 Å². The van der Waals surface area contributed by atoms with E-state index in [1.54, 1.807) is 0 Å². The van der Waals surface area contributed by atoms with Crippen LogP contribution in [0.2, 0.25) is 0 Å². The maximum atomic E-state index is 5.96. The van der Waals surface area contributed by atoms with Gasteiger partial charge < -0.3 is 4.43 Å². The van der Waals surface area contributed by atoms with E-state index in [1.807, 2.05) is 0 Å². The van der Waals surface area contributed by atoms with Gasteiger partial charge in [0.25, 0.3) is 0 Å². The summed E-state index contributed by atoms with van der Waals surface area (Å²) < 4.78 is 5.96. The lowest BCUT2D eigenvalue weighted by molar-refractivity contribution is 0.292. The van der Waals surface area contributed by atoms with Gasteiger partial charge in [0.1, 0.15) is 0 Å². The topological polar surface area (TPSA) is 9.23 Å². The third-order valence-electron chi connectivity index (χ3n) is 3.17. The van der Waals surface area contributed by atoms with E-state index in [4.69, 9.17) is 4.43 Å². The molecule has 0 fully saturated rings. The van der Waals surface area contributed by atoms with Gasteiger partial charge in [-0.3, -0.25) is 0 Å². The highest BCUT2D eigenvalue weighted by Gasteiger charge is 2.26. The summed E-state index contributed by atoms with van der Waals surface area (Å²) in [6.45, 7) is 10.1. The van der Waals surface area contributed by atoms with Crippen LogP contribution in [0, 0.1) is 5.41 Å². The minimum absolute atomic E-state index is 0.305. The average molecular weight is 250 g/mol. The number of unbranched alkanes of at least 4 members (excludes halogenated alkanes) is 1. The van der Waals surface area contributed by atoms with E-state index < -0.39 is 9.76 Å². The van der Waals surface area contributed by atoms with Crippen LogP contribution in [-0.4, -0.2) is 16.4 Å². The molecule has 1 nitrogen and oxygen atoms in total. The maximum Gasteiger partial charge on any atom is 0.169 e. The van der Waals surface area contributed by atoms with E-state index in [0.717, 1.165) is 6.61 Å². The molecular formula is C15H26OSi. The quantitative estimate of drug-likeness (QED) is 0.553. The van der Waals surface area contributed by atoms with Gasteiger partial charge in [-0.15, -0.1) is 0 Å². The highest BCUT2D eigenvalue weighted by molar-refractivity contribution is 6.30. The molecule has 0 amide bonds. The van der Waals surface area contributed by atoms with Crippen LogP contribution in [0.5, 0.6) is 0 Å². The molecule has 1 aromatic carbocycles. The Morgan fingerprint density at radius 3 is 2.35 bits per heavy atom. The molecule has 0 radical (unpaired) electrons. The molecule has 0 saturated heterocycles. The summed E-state index contributed by atoms with van der Waals surface area (Å²) in [6.07, 6.45) is 2.42. The Morgan fingerprint density at radius 1 is 1.18 bits per heavy atom. The second-order valence-corrected chi connectivity index (χ2v) is 7.32. The Balaban J connectivity index is 2.63. The molecule has 0 aliphatic carbocycles. The van der Waals surface area contributed by atoms with Crippen molar-refractivity contribution < 1.29 is 4.43 Å². The zero-order valence-electron chi connectivity index (χ0n) is 11.7. The molecule has 0 aromatic heterocycles. The number of benzene rings is 1. The third-order valence-corrected chi connectivity index (χ3v) is 5.73. The molecule has 17 heavy (non-hydrogen) atoms. The second kappa shape index (κ2) is 6.97. The number of rotatable bonds is 6. The van der Waals surface area contributed by atoms with Crippen molar-refractivity contribution >= 4 is 9.76 Å². The normalized spacial score (nSPS) is 14.4. The van der Waals surface area contributed by atoms with Crippen LogP contribution in [0.15, 0.2) is 30.3 Å². The standard InChI is InChI=1S/C15H26OSi/c1-5-6-12-16-17-14(15(2,3)4)13-10-8-7-9-11-13/h7-11,14H,5-6,12,17H2,1-4H3. The smallest absolute Gasteiger partial charge is 0.169 e. The molecule has 0 aliphatic rings.